The summed E-state index contributed by atoms with van der Waals surface area (Å²) in [6, 6.07) is 5.88. The highest BCUT2D eigenvalue weighted by Gasteiger charge is 2.05. The number of rotatable bonds is 10. The lowest BCUT2D eigenvalue weighted by Crippen LogP contribution is -2.26. The van der Waals surface area contributed by atoms with Crippen LogP contribution in [0, 0.1) is 10.1 Å². The average Bonchev–Trinajstić information content (AvgIpc) is 3.01. The van der Waals surface area contributed by atoms with Crippen LogP contribution in [0.4, 0.5) is 0 Å². The number of thioether (sulfide) groups is 1. The standard InChI is InChI=1S/C15H19N5O2S2.ClH/c1-16-14(9-20(21)22)18-6-7-23-10-13-11-24-15(19-13)8-12-4-2-3-5-17-12;/h2-5,9,11,16,18H,6-8,10H2,1H3;1H. The minimum Gasteiger partial charge on any atom is -0.370 e. The predicted molar refractivity (Wildman–Crippen MR) is 105 cm³/mol. The number of nitrogens with zero attached hydrogens (tertiary/aromatic N) is 3. The zero-order valence-electron chi connectivity index (χ0n) is 13.7. The number of aromatic nitrogens is 2. The number of nitrogens with one attached hydrogen (secondary N) is 2. The molecule has 25 heavy (non-hydrogen) atoms. The molecule has 2 aromatic rings. The molecule has 0 aliphatic rings. The molecule has 7 nitrogen and oxygen atoms in total. The van der Waals surface area contributed by atoms with Crippen molar-refractivity contribution in [2.75, 3.05) is 19.3 Å². The Morgan fingerprint density at radius 1 is 1.44 bits per heavy atom. The molecule has 0 atom stereocenters. The molecule has 0 radical (unpaired) electrons. The number of pyridine rings is 1. The van der Waals surface area contributed by atoms with Crippen LogP contribution in [-0.2, 0) is 12.2 Å². The number of nitro groups is 1. The molecule has 10 heteroatoms. The molecule has 0 unspecified atom stereocenters. The lowest BCUT2D eigenvalue weighted by molar-refractivity contribution is -0.404. The summed E-state index contributed by atoms with van der Waals surface area (Å²) in [5.41, 5.74) is 2.08. The third-order valence-corrected chi connectivity index (χ3v) is 4.86. The van der Waals surface area contributed by atoms with E-state index in [0.717, 1.165) is 40.5 Å². The van der Waals surface area contributed by atoms with Crippen LogP contribution in [0.1, 0.15) is 16.4 Å². The Morgan fingerprint density at radius 2 is 2.28 bits per heavy atom. The molecular weight excluding hydrogens is 382 g/mol. The Balaban J connectivity index is 0.00000312. The average molecular weight is 402 g/mol. The second kappa shape index (κ2) is 11.7. The Bertz CT molecular complexity index is 682. The van der Waals surface area contributed by atoms with E-state index in [4.69, 9.17) is 0 Å². The predicted octanol–water partition coefficient (Wildman–Crippen LogP) is 2.67. The lowest BCUT2D eigenvalue weighted by atomic mass is 10.3. The van der Waals surface area contributed by atoms with E-state index in [-0.39, 0.29) is 12.4 Å². The smallest absolute Gasteiger partial charge is 0.274 e. The molecule has 0 aliphatic heterocycles. The van der Waals surface area contributed by atoms with Gasteiger partial charge in [0.15, 0.2) is 5.82 Å². The second-order valence-electron chi connectivity index (χ2n) is 4.79. The van der Waals surface area contributed by atoms with Gasteiger partial charge in [-0.05, 0) is 12.1 Å². The van der Waals surface area contributed by atoms with Gasteiger partial charge in [-0.1, -0.05) is 6.07 Å². The molecule has 2 heterocycles. The monoisotopic (exact) mass is 401 g/mol. The van der Waals surface area contributed by atoms with Crippen molar-refractivity contribution in [3.63, 3.8) is 0 Å². The SMILES string of the molecule is CNC(=C[N+](=O)[O-])NCCSCc1csc(Cc2ccccn2)n1.Cl. The Morgan fingerprint density at radius 3 is 2.96 bits per heavy atom. The molecule has 0 saturated heterocycles. The first-order valence-electron chi connectivity index (χ1n) is 7.35. The maximum absolute atomic E-state index is 10.4. The van der Waals surface area contributed by atoms with E-state index < -0.39 is 4.92 Å². The van der Waals surface area contributed by atoms with Crippen molar-refractivity contribution >= 4 is 35.5 Å². The first kappa shape index (κ1) is 21.2. The van der Waals surface area contributed by atoms with Crippen LogP contribution in [0.5, 0.6) is 0 Å². The Labute approximate surface area is 160 Å². The van der Waals surface area contributed by atoms with Gasteiger partial charge in [0.1, 0.15) is 0 Å². The van der Waals surface area contributed by atoms with E-state index in [0.29, 0.717) is 12.4 Å². The van der Waals surface area contributed by atoms with Crippen LogP contribution in [0.2, 0.25) is 0 Å². The molecule has 0 saturated carbocycles. The summed E-state index contributed by atoms with van der Waals surface area (Å²) in [4.78, 5) is 18.9. The van der Waals surface area contributed by atoms with Gasteiger partial charge in [0.2, 0.25) is 0 Å². The van der Waals surface area contributed by atoms with Crippen molar-refractivity contribution < 1.29 is 4.92 Å². The summed E-state index contributed by atoms with van der Waals surface area (Å²) in [5.74, 6) is 2.07. The quantitative estimate of drug-likeness (QED) is 0.359. The summed E-state index contributed by atoms with van der Waals surface area (Å²) in [6.07, 6.45) is 3.48. The summed E-state index contributed by atoms with van der Waals surface area (Å²) >= 11 is 3.39. The summed E-state index contributed by atoms with van der Waals surface area (Å²) in [6.45, 7) is 0.649. The van der Waals surface area contributed by atoms with Crippen LogP contribution < -0.4 is 10.6 Å². The fraction of sp³-hybridized carbons (Fsp3) is 0.333. The van der Waals surface area contributed by atoms with Crippen molar-refractivity contribution in [1.82, 2.24) is 20.6 Å². The van der Waals surface area contributed by atoms with Crippen molar-refractivity contribution in [3.05, 3.63) is 68.3 Å². The maximum Gasteiger partial charge on any atom is 0.274 e. The second-order valence-corrected chi connectivity index (χ2v) is 6.84. The number of hydrogen-bond donors (Lipinski definition) is 2. The number of hydrogen-bond acceptors (Lipinski definition) is 8. The molecule has 0 amide bonds. The molecule has 0 fully saturated rings. The van der Waals surface area contributed by atoms with E-state index in [2.05, 4.69) is 26.0 Å². The highest BCUT2D eigenvalue weighted by molar-refractivity contribution is 7.98. The van der Waals surface area contributed by atoms with Gasteiger partial charge in [-0.25, -0.2) is 4.98 Å². The molecule has 2 aromatic heterocycles. The van der Waals surface area contributed by atoms with Gasteiger partial charge in [-0.3, -0.25) is 15.1 Å². The minimum atomic E-state index is -0.482. The molecule has 136 valence electrons. The van der Waals surface area contributed by atoms with Gasteiger partial charge in [0.25, 0.3) is 6.20 Å². The molecule has 0 spiro atoms. The third kappa shape index (κ3) is 8.19. The van der Waals surface area contributed by atoms with Crippen molar-refractivity contribution in [2.24, 2.45) is 0 Å². The van der Waals surface area contributed by atoms with Crippen LogP contribution >= 0.6 is 35.5 Å². The van der Waals surface area contributed by atoms with Crippen LogP contribution in [0.25, 0.3) is 0 Å². The molecule has 0 bridgehead atoms. The molecule has 0 aromatic carbocycles. The highest BCUT2D eigenvalue weighted by atomic mass is 35.5. The minimum absolute atomic E-state index is 0. The van der Waals surface area contributed by atoms with E-state index in [1.54, 1.807) is 36.3 Å². The molecule has 2 rings (SSSR count). The Kier molecular flexibility index (Phi) is 9.90. The largest absolute Gasteiger partial charge is 0.370 e. The van der Waals surface area contributed by atoms with Gasteiger partial charge in [-0.2, -0.15) is 11.8 Å². The molecule has 2 N–H and O–H groups in total. The highest BCUT2D eigenvalue weighted by Crippen LogP contribution is 2.17. The first-order valence-corrected chi connectivity index (χ1v) is 9.38. The fourth-order valence-corrected chi connectivity index (χ4v) is 3.56. The topological polar surface area (TPSA) is 93.0 Å². The molecule has 0 aliphatic carbocycles. The van der Waals surface area contributed by atoms with E-state index in [1.165, 1.54) is 0 Å². The third-order valence-electron chi connectivity index (χ3n) is 2.97. The van der Waals surface area contributed by atoms with Crippen molar-refractivity contribution in [3.8, 4) is 0 Å². The van der Waals surface area contributed by atoms with E-state index >= 15 is 0 Å². The zero-order valence-corrected chi connectivity index (χ0v) is 16.1. The first-order chi connectivity index (χ1) is 11.7. The zero-order chi connectivity index (χ0) is 17.2. The van der Waals surface area contributed by atoms with Crippen molar-refractivity contribution in [1.29, 1.82) is 0 Å². The Hall–Kier alpha value is -1.84. The summed E-state index contributed by atoms with van der Waals surface area (Å²) in [5, 5.41) is 19.3. The van der Waals surface area contributed by atoms with Crippen molar-refractivity contribution in [2.45, 2.75) is 12.2 Å². The number of halogens is 1. The fourth-order valence-electron chi connectivity index (χ4n) is 1.89. The van der Waals surface area contributed by atoms with Gasteiger partial charge in [0.05, 0.1) is 15.6 Å². The lowest BCUT2D eigenvalue weighted by Gasteiger charge is -2.07. The number of thiazole rings is 1. The molecular formula is C15H20ClN5O2S2. The van der Waals surface area contributed by atoms with E-state index in [1.807, 2.05) is 18.2 Å². The van der Waals surface area contributed by atoms with Gasteiger partial charge >= 0.3 is 0 Å². The summed E-state index contributed by atoms with van der Waals surface area (Å²) < 4.78 is 0. The van der Waals surface area contributed by atoms with Gasteiger partial charge in [0, 0.05) is 48.8 Å². The van der Waals surface area contributed by atoms with E-state index in [9.17, 15) is 10.1 Å². The van der Waals surface area contributed by atoms with Crippen LogP contribution in [0.3, 0.4) is 0 Å². The van der Waals surface area contributed by atoms with Gasteiger partial charge < -0.3 is 10.6 Å². The normalized spacial score (nSPS) is 10.8. The summed E-state index contributed by atoms with van der Waals surface area (Å²) in [7, 11) is 1.65. The van der Waals surface area contributed by atoms with Crippen LogP contribution in [0.15, 0.2) is 41.8 Å². The van der Waals surface area contributed by atoms with Crippen LogP contribution in [-0.4, -0.2) is 34.2 Å². The maximum atomic E-state index is 10.4. The van der Waals surface area contributed by atoms with Gasteiger partial charge in [-0.15, -0.1) is 23.7 Å².